The number of allylic oxidation sites excluding steroid dienone is 3. The molecule has 0 saturated heterocycles. The molecule has 2 amide bonds. The van der Waals surface area contributed by atoms with Crippen LogP contribution in [0, 0.1) is 17.2 Å². The van der Waals surface area contributed by atoms with Crippen molar-refractivity contribution in [2.24, 2.45) is 11.7 Å². The summed E-state index contributed by atoms with van der Waals surface area (Å²) in [5, 5.41) is 11.7. The van der Waals surface area contributed by atoms with Crippen molar-refractivity contribution in [2.45, 2.75) is 46.1 Å². The normalized spacial score (nSPS) is 20.9. The summed E-state index contributed by atoms with van der Waals surface area (Å²) in [4.78, 5) is 23.0. The predicted octanol–water partition coefficient (Wildman–Crippen LogP) is 2.13. The molecule has 21 heavy (non-hydrogen) atoms. The van der Waals surface area contributed by atoms with Gasteiger partial charge in [0.05, 0.1) is 0 Å². The van der Waals surface area contributed by atoms with E-state index in [-0.39, 0.29) is 11.5 Å². The molecule has 0 bridgehead atoms. The maximum atomic E-state index is 11.8. The highest BCUT2D eigenvalue weighted by Crippen LogP contribution is 2.28. The van der Waals surface area contributed by atoms with Crippen LogP contribution in [-0.2, 0) is 9.53 Å². The van der Waals surface area contributed by atoms with E-state index in [1.54, 1.807) is 26.8 Å². The van der Waals surface area contributed by atoms with Gasteiger partial charge in [-0.25, -0.2) is 4.79 Å². The molecule has 0 radical (unpaired) electrons. The van der Waals surface area contributed by atoms with Crippen LogP contribution in [0.5, 0.6) is 0 Å². The third-order valence-electron chi connectivity index (χ3n) is 2.83. The molecule has 0 saturated carbocycles. The van der Waals surface area contributed by atoms with Gasteiger partial charge in [0, 0.05) is 5.70 Å². The van der Waals surface area contributed by atoms with Crippen LogP contribution in [0.25, 0.3) is 0 Å². The van der Waals surface area contributed by atoms with Gasteiger partial charge in [0.1, 0.15) is 17.2 Å². The van der Waals surface area contributed by atoms with Crippen LogP contribution in [0.2, 0.25) is 0 Å². The van der Waals surface area contributed by atoms with Crippen LogP contribution in [-0.4, -0.2) is 17.6 Å². The number of hydrogen-bond acceptors (Lipinski definition) is 4. The van der Waals surface area contributed by atoms with Gasteiger partial charge >= 0.3 is 6.09 Å². The molecule has 0 aliphatic heterocycles. The van der Waals surface area contributed by atoms with Gasteiger partial charge in [0.2, 0.25) is 0 Å². The lowest BCUT2D eigenvalue weighted by Gasteiger charge is -2.24. The van der Waals surface area contributed by atoms with Crippen LogP contribution < -0.4 is 11.1 Å². The van der Waals surface area contributed by atoms with E-state index in [4.69, 9.17) is 15.7 Å². The maximum Gasteiger partial charge on any atom is 0.411 e. The Bertz CT molecular complexity index is 547. The van der Waals surface area contributed by atoms with Gasteiger partial charge in [-0.2, -0.15) is 5.26 Å². The Balaban J connectivity index is 2.97. The van der Waals surface area contributed by atoms with E-state index in [1.165, 1.54) is 0 Å². The summed E-state index contributed by atoms with van der Waals surface area (Å²) in [5.41, 5.74) is 5.71. The third kappa shape index (κ3) is 5.30. The molecule has 6 heteroatoms. The first kappa shape index (κ1) is 16.8. The standard InChI is InChI=1S/C15H21N3O3/c1-9-5-10(12(8-16)13(17)19)7-11(6-9)18-14(20)21-15(2,3)4/h7,9H,5-6H2,1-4H3,(H2,17,19)(H,18,20)/b12-10+. The number of hydrogen-bond donors (Lipinski definition) is 2. The number of nitrogens with zero attached hydrogens (tertiary/aromatic N) is 1. The SMILES string of the molecule is CC1CC(NC(=O)OC(C)(C)C)=C/C(=C(\C#N)C(N)=O)C1. The van der Waals surface area contributed by atoms with Crippen molar-refractivity contribution in [1.82, 2.24) is 5.32 Å². The summed E-state index contributed by atoms with van der Waals surface area (Å²) in [6.45, 7) is 7.30. The quantitative estimate of drug-likeness (QED) is 0.600. The van der Waals surface area contributed by atoms with Gasteiger partial charge in [0.25, 0.3) is 5.91 Å². The lowest BCUT2D eigenvalue weighted by Crippen LogP contribution is -2.33. The molecule has 0 aromatic rings. The second-order valence-corrected chi connectivity index (χ2v) is 6.19. The molecule has 0 aromatic carbocycles. The van der Waals surface area contributed by atoms with E-state index >= 15 is 0 Å². The zero-order valence-electron chi connectivity index (χ0n) is 12.8. The second kappa shape index (κ2) is 6.44. The maximum absolute atomic E-state index is 11.8. The van der Waals surface area contributed by atoms with E-state index in [1.807, 2.05) is 13.0 Å². The van der Waals surface area contributed by atoms with E-state index in [2.05, 4.69) is 5.32 Å². The molecule has 3 N–H and O–H groups in total. The number of rotatable bonds is 2. The molecule has 1 aliphatic carbocycles. The lowest BCUT2D eigenvalue weighted by molar-refractivity contribution is -0.114. The van der Waals surface area contributed by atoms with Crippen molar-refractivity contribution in [1.29, 1.82) is 5.26 Å². The average Bonchev–Trinajstić information content (AvgIpc) is 2.25. The Morgan fingerprint density at radius 2 is 2.05 bits per heavy atom. The van der Waals surface area contributed by atoms with Crippen LogP contribution in [0.4, 0.5) is 4.79 Å². The molecule has 0 fully saturated rings. The van der Waals surface area contributed by atoms with Gasteiger partial charge in [-0.15, -0.1) is 0 Å². The summed E-state index contributed by atoms with van der Waals surface area (Å²) < 4.78 is 5.18. The van der Waals surface area contributed by atoms with Crippen LogP contribution >= 0.6 is 0 Å². The largest absolute Gasteiger partial charge is 0.444 e. The summed E-state index contributed by atoms with van der Waals surface area (Å²) in [6, 6.07) is 1.82. The molecule has 1 atom stereocenters. The summed E-state index contributed by atoms with van der Waals surface area (Å²) >= 11 is 0. The number of primary amides is 1. The molecular formula is C15H21N3O3. The molecule has 0 aromatic heterocycles. The molecule has 1 unspecified atom stereocenters. The first-order valence-electron chi connectivity index (χ1n) is 6.76. The minimum atomic E-state index is -0.755. The monoisotopic (exact) mass is 291 g/mol. The van der Waals surface area contributed by atoms with Gasteiger partial charge in [-0.3, -0.25) is 10.1 Å². The number of ether oxygens (including phenoxy) is 1. The minimum absolute atomic E-state index is 0.0648. The molecule has 0 spiro atoms. The molecule has 1 rings (SSSR count). The lowest BCUT2D eigenvalue weighted by atomic mass is 9.87. The van der Waals surface area contributed by atoms with E-state index in [9.17, 15) is 9.59 Å². The smallest absolute Gasteiger partial charge is 0.411 e. The second-order valence-electron chi connectivity index (χ2n) is 6.19. The number of alkyl carbamates (subject to hydrolysis) is 1. The van der Waals surface area contributed by atoms with E-state index in [0.717, 1.165) is 0 Å². The summed E-state index contributed by atoms with van der Waals surface area (Å²) in [5.74, 6) is -0.563. The van der Waals surface area contributed by atoms with Crippen molar-refractivity contribution in [3.63, 3.8) is 0 Å². The Morgan fingerprint density at radius 1 is 1.43 bits per heavy atom. The number of amides is 2. The number of carbonyl (C=O) groups is 2. The predicted molar refractivity (Wildman–Crippen MR) is 77.7 cm³/mol. The van der Waals surface area contributed by atoms with Crippen LogP contribution in [0.3, 0.4) is 0 Å². The topological polar surface area (TPSA) is 105 Å². The summed E-state index contributed by atoms with van der Waals surface area (Å²) in [7, 11) is 0. The Kier molecular flexibility index (Phi) is 5.14. The van der Waals surface area contributed by atoms with Crippen molar-refractivity contribution >= 4 is 12.0 Å². The minimum Gasteiger partial charge on any atom is -0.444 e. The highest BCUT2D eigenvalue weighted by Gasteiger charge is 2.22. The number of nitrogens with one attached hydrogen (secondary N) is 1. The summed E-state index contributed by atoms with van der Waals surface area (Å²) in [6.07, 6.45) is 2.29. The van der Waals surface area contributed by atoms with Crippen molar-refractivity contribution in [2.75, 3.05) is 0 Å². The molecular weight excluding hydrogens is 270 g/mol. The Labute approximate surface area is 124 Å². The Morgan fingerprint density at radius 3 is 2.52 bits per heavy atom. The van der Waals surface area contributed by atoms with Gasteiger partial charge < -0.3 is 10.5 Å². The zero-order chi connectivity index (χ0) is 16.2. The Hall–Kier alpha value is -2.29. The fourth-order valence-corrected chi connectivity index (χ4v) is 2.13. The van der Waals surface area contributed by atoms with Crippen molar-refractivity contribution < 1.29 is 14.3 Å². The van der Waals surface area contributed by atoms with Crippen molar-refractivity contribution in [3.05, 3.63) is 22.9 Å². The van der Waals surface area contributed by atoms with Crippen LogP contribution in [0.15, 0.2) is 22.9 Å². The van der Waals surface area contributed by atoms with Crippen LogP contribution in [0.1, 0.15) is 40.5 Å². The first-order chi connectivity index (χ1) is 9.62. The number of nitrogens with two attached hydrogens (primary N) is 1. The highest BCUT2D eigenvalue weighted by molar-refractivity contribution is 5.97. The van der Waals surface area contributed by atoms with E-state index < -0.39 is 17.6 Å². The number of carbonyl (C=O) groups excluding carboxylic acids is 2. The third-order valence-corrected chi connectivity index (χ3v) is 2.83. The van der Waals surface area contributed by atoms with E-state index in [0.29, 0.717) is 24.1 Å². The van der Waals surface area contributed by atoms with Gasteiger partial charge in [-0.05, 0) is 51.2 Å². The fourth-order valence-electron chi connectivity index (χ4n) is 2.13. The zero-order valence-corrected chi connectivity index (χ0v) is 12.8. The fraction of sp³-hybridized carbons (Fsp3) is 0.533. The molecule has 114 valence electrons. The van der Waals surface area contributed by atoms with Gasteiger partial charge in [0.15, 0.2) is 0 Å². The van der Waals surface area contributed by atoms with Crippen molar-refractivity contribution in [3.8, 4) is 6.07 Å². The number of nitriles is 1. The molecule has 1 aliphatic rings. The highest BCUT2D eigenvalue weighted by atomic mass is 16.6. The first-order valence-corrected chi connectivity index (χ1v) is 6.76. The average molecular weight is 291 g/mol. The molecule has 0 heterocycles. The van der Waals surface area contributed by atoms with Gasteiger partial charge in [-0.1, -0.05) is 6.92 Å². The molecule has 6 nitrogen and oxygen atoms in total.